The second-order valence-corrected chi connectivity index (χ2v) is 6.21. The summed E-state index contributed by atoms with van der Waals surface area (Å²) in [5.74, 6) is -0.0916. The van der Waals surface area contributed by atoms with Gasteiger partial charge in [-0.05, 0) is 19.9 Å². The van der Waals surface area contributed by atoms with Crippen molar-refractivity contribution < 1.29 is 9.59 Å². The molecule has 3 N–H and O–H groups in total. The highest BCUT2D eigenvalue weighted by molar-refractivity contribution is 5.85. The fourth-order valence-electron chi connectivity index (χ4n) is 2.58. The summed E-state index contributed by atoms with van der Waals surface area (Å²) in [7, 11) is 3.75. The van der Waals surface area contributed by atoms with Gasteiger partial charge in [0.2, 0.25) is 11.8 Å². The molecular formula is C14H27N5O2. The van der Waals surface area contributed by atoms with Gasteiger partial charge in [0.1, 0.15) is 0 Å². The van der Waals surface area contributed by atoms with Crippen molar-refractivity contribution in [1.82, 2.24) is 20.0 Å². The first kappa shape index (κ1) is 16.2. The summed E-state index contributed by atoms with van der Waals surface area (Å²) in [5, 5.41) is 2.90. The molecule has 7 heteroatoms. The van der Waals surface area contributed by atoms with Crippen LogP contribution in [0.4, 0.5) is 0 Å². The Morgan fingerprint density at radius 2 is 2.05 bits per heavy atom. The lowest BCUT2D eigenvalue weighted by molar-refractivity contribution is -0.136. The molecule has 0 spiro atoms. The highest BCUT2D eigenvalue weighted by Gasteiger charge is 2.28. The standard InChI is InChI=1S/C14H27N5O2/c1-17-5-6-19(12(7-15)8-17)10-14(21)18(2)9-13(20)16-11-3-4-11/h11-12H,3-10,15H2,1-2H3,(H,16,20). The number of nitrogens with two attached hydrogens (primary N) is 1. The molecule has 0 radical (unpaired) electrons. The summed E-state index contributed by atoms with van der Waals surface area (Å²) in [4.78, 5) is 29.8. The van der Waals surface area contributed by atoms with E-state index in [1.54, 1.807) is 7.05 Å². The van der Waals surface area contributed by atoms with E-state index < -0.39 is 0 Å². The van der Waals surface area contributed by atoms with Crippen LogP contribution in [0.1, 0.15) is 12.8 Å². The molecule has 1 aliphatic heterocycles. The van der Waals surface area contributed by atoms with E-state index >= 15 is 0 Å². The molecule has 0 aromatic heterocycles. The third kappa shape index (κ3) is 4.94. The Hall–Kier alpha value is -1.18. The van der Waals surface area contributed by atoms with Crippen molar-refractivity contribution in [3.8, 4) is 0 Å². The van der Waals surface area contributed by atoms with Crippen molar-refractivity contribution in [1.29, 1.82) is 0 Å². The van der Waals surface area contributed by atoms with Gasteiger partial charge < -0.3 is 20.9 Å². The lowest BCUT2D eigenvalue weighted by Gasteiger charge is -2.39. The van der Waals surface area contributed by atoms with Gasteiger partial charge in [-0.3, -0.25) is 14.5 Å². The molecule has 2 aliphatic rings. The lowest BCUT2D eigenvalue weighted by Crippen LogP contribution is -2.57. The number of likely N-dealkylation sites (N-methyl/N-ethyl adjacent to an activating group) is 2. The Balaban J connectivity index is 1.77. The molecule has 0 aromatic rings. The summed E-state index contributed by atoms with van der Waals surface area (Å²) in [6.45, 7) is 3.68. The molecule has 1 saturated heterocycles. The predicted molar refractivity (Wildman–Crippen MR) is 80.7 cm³/mol. The van der Waals surface area contributed by atoms with Gasteiger partial charge in [0, 0.05) is 45.3 Å². The maximum absolute atomic E-state index is 12.2. The number of hydrogen-bond donors (Lipinski definition) is 2. The highest BCUT2D eigenvalue weighted by Crippen LogP contribution is 2.18. The zero-order valence-corrected chi connectivity index (χ0v) is 13.0. The van der Waals surface area contributed by atoms with E-state index in [4.69, 9.17) is 5.73 Å². The average molecular weight is 297 g/mol. The lowest BCUT2D eigenvalue weighted by atomic mass is 10.1. The molecular weight excluding hydrogens is 270 g/mol. The summed E-state index contributed by atoms with van der Waals surface area (Å²) >= 11 is 0. The molecule has 0 bridgehead atoms. The minimum absolute atomic E-state index is 0.0241. The van der Waals surface area contributed by atoms with Gasteiger partial charge in [-0.1, -0.05) is 0 Å². The zero-order chi connectivity index (χ0) is 15.4. The maximum atomic E-state index is 12.2. The quantitative estimate of drug-likeness (QED) is 0.611. The van der Waals surface area contributed by atoms with Crippen LogP contribution in [0.3, 0.4) is 0 Å². The third-order valence-electron chi connectivity index (χ3n) is 4.17. The normalized spacial score (nSPS) is 23.9. The first-order chi connectivity index (χ1) is 9.99. The smallest absolute Gasteiger partial charge is 0.239 e. The van der Waals surface area contributed by atoms with Crippen LogP contribution in [0.2, 0.25) is 0 Å². The summed E-state index contributed by atoms with van der Waals surface area (Å²) in [6.07, 6.45) is 2.12. The second kappa shape index (κ2) is 7.20. The fraction of sp³-hybridized carbons (Fsp3) is 0.857. The Kier molecular flexibility index (Phi) is 5.55. The number of amides is 2. The van der Waals surface area contributed by atoms with Gasteiger partial charge in [0.15, 0.2) is 0 Å². The molecule has 1 saturated carbocycles. The molecule has 1 atom stereocenters. The van der Waals surface area contributed by atoms with Crippen molar-refractivity contribution in [2.24, 2.45) is 5.73 Å². The van der Waals surface area contributed by atoms with Crippen LogP contribution in [0.5, 0.6) is 0 Å². The SMILES string of the molecule is CN1CCN(CC(=O)N(C)CC(=O)NC2CC2)C(CN)C1. The Bertz CT molecular complexity index is 386. The van der Waals surface area contributed by atoms with Crippen LogP contribution in [0.25, 0.3) is 0 Å². The second-order valence-electron chi connectivity index (χ2n) is 6.21. The van der Waals surface area contributed by atoms with E-state index in [1.807, 2.05) is 0 Å². The maximum Gasteiger partial charge on any atom is 0.239 e. The zero-order valence-electron chi connectivity index (χ0n) is 13.0. The van der Waals surface area contributed by atoms with Gasteiger partial charge in [-0.15, -0.1) is 0 Å². The molecule has 1 unspecified atom stereocenters. The van der Waals surface area contributed by atoms with E-state index in [1.165, 1.54) is 4.90 Å². The van der Waals surface area contributed by atoms with E-state index in [-0.39, 0.29) is 24.4 Å². The van der Waals surface area contributed by atoms with E-state index in [0.29, 0.717) is 19.1 Å². The van der Waals surface area contributed by atoms with Crippen LogP contribution >= 0.6 is 0 Å². The largest absolute Gasteiger partial charge is 0.352 e. The monoisotopic (exact) mass is 297 g/mol. The molecule has 2 amide bonds. The first-order valence-corrected chi connectivity index (χ1v) is 7.65. The molecule has 1 aliphatic carbocycles. The molecule has 21 heavy (non-hydrogen) atoms. The van der Waals surface area contributed by atoms with E-state index in [9.17, 15) is 9.59 Å². The van der Waals surface area contributed by atoms with Crippen LogP contribution in [-0.4, -0.2) is 92.0 Å². The summed E-state index contributed by atoms with van der Waals surface area (Å²) < 4.78 is 0. The van der Waals surface area contributed by atoms with Crippen LogP contribution < -0.4 is 11.1 Å². The number of piperazine rings is 1. The number of rotatable bonds is 6. The number of hydrogen-bond acceptors (Lipinski definition) is 5. The molecule has 2 rings (SSSR count). The van der Waals surface area contributed by atoms with Gasteiger partial charge in [0.25, 0.3) is 0 Å². The third-order valence-corrected chi connectivity index (χ3v) is 4.17. The summed E-state index contributed by atoms with van der Waals surface area (Å²) in [6, 6.07) is 0.543. The van der Waals surface area contributed by atoms with Crippen LogP contribution in [0, 0.1) is 0 Å². The Labute approximate surface area is 126 Å². The number of carbonyl (C=O) groups is 2. The Morgan fingerprint density at radius 3 is 2.67 bits per heavy atom. The van der Waals surface area contributed by atoms with E-state index in [2.05, 4.69) is 22.2 Å². The Morgan fingerprint density at radius 1 is 1.33 bits per heavy atom. The van der Waals surface area contributed by atoms with Gasteiger partial charge >= 0.3 is 0 Å². The number of carbonyl (C=O) groups excluding carboxylic acids is 2. The molecule has 7 nitrogen and oxygen atoms in total. The topological polar surface area (TPSA) is 81.9 Å². The van der Waals surface area contributed by atoms with Crippen molar-refractivity contribution in [2.75, 3.05) is 53.4 Å². The number of nitrogens with one attached hydrogen (secondary N) is 1. The van der Waals surface area contributed by atoms with Crippen molar-refractivity contribution in [3.05, 3.63) is 0 Å². The minimum atomic E-state index is -0.0675. The van der Waals surface area contributed by atoms with Gasteiger partial charge in [0.05, 0.1) is 13.1 Å². The van der Waals surface area contributed by atoms with Crippen molar-refractivity contribution in [2.45, 2.75) is 24.9 Å². The summed E-state index contributed by atoms with van der Waals surface area (Å²) in [5.41, 5.74) is 5.79. The molecule has 120 valence electrons. The molecule has 0 aromatic carbocycles. The van der Waals surface area contributed by atoms with Gasteiger partial charge in [-0.2, -0.15) is 0 Å². The van der Waals surface area contributed by atoms with Crippen LogP contribution in [-0.2, 0) is 9.59 Å². The fourth-order valence-corrected chi connectivity index (χ4v) is 2.58. The highest BCUT2D eigenvalue weighted by atomic mass is 16.2. The van der Waals surface area contributed by atoms with Crippen molar-refractivity contribution >= 4 is 11.8 Å². The predicted octanol–water partition coefficient (Wildman–Crippen LogP) is -1.70. The van der Waals surface area contributed by atoms with Gasteiger partial charge in [-0.25, -0.2) is 0 Å². The molecule has 2 fully saturated rings. The van der Waals surface area contributed by atoms with Crippen molar-refractivity contribution in [3.63, 3.8) is 0 Å². The average Bonchev–Trinajstić information content (AvgIpc) is 3.24. The van der Waals surface area contributed by atoms with E-state index in [0.717, 1.165) is 32.5 Å². The van der Waals surface area contributed by atoms with Crippen LogP contribution in [0.15, 0.2) is 0 Å². The number of nitrogens with zero attached hydrogens (tertiary/aromatic N) is 3. The minimum Gasteiger partial charge on any atom is -0.352 e. The molecule has 1 heterocycles. The first-order valence-electron chi connectivity index (χ1n) is 7.65.